The molecule has 7 rings (SSSR count). The number of carbonyl (C=O) groups excluding carboxylic acids is 1. The van der Waals surface area contributed by atoms with Crippen molar-refractivity contribution in [1.29, 1.82) is 0 Å². The van der Waals surface area contributed by atoms with Gasteiger partial charge >= 0.3 is 6.61 Å². The fraction of sp³-hybridized carbons (Fsp3) is 0.333. The van der Waals surface area contributed by atoms with Gasteiger partial charge in [0, 0.05) is 35.5 Å². The summed E-state index contributed by atoms with van der Waals surface area (Å²) in [4.78, 5) is 29.9. The standard InChI is InChI=1S/C27H27B3F2N6O2/c28-27(29,30)38-19-10-18(21-15(23(38)39)3-1-4-20(21)40-25(31)32)37-17-9-13(5-6-16(17)36-22(19)37)14-11-34-24(35-12-14)26(33)7-2-8-26/h1,3-6,9,11-12,18-19,25H,2,7-8,10,28-30,33H2/t18-,19-/m1/s1. The number of halogens is 2. The largest absolute Gasteiger partial charge is 0.434 e. The number of carbonyl (C=O) groups is 1. The molecule has 2 aliphatic heterocycles. The number of aromatic nitrogens is 4. The quantitative estimate of drug-likeness (QED) is 0.387. The van der Waals surface area contributed by atoms with E-state index in [0.29, 0.717) is 23.4 Å². The summed E-state index contributed by atoms with van der Waals surface area (Å²) >= 11 is 0. The maximum absolute atomic E-state index is 13.9. The van der Waals surface area contributed by atoms with Crippen LogP contribution in [0.1, 0.15) is 65.3 Å². The normalized spacial score (nSPS) is 21.2. The average molecular weight is 538 g/mol. The summed E-state index contributed by atoms with van der Waals surface area (Å²) in [6, 6.07) is 10.0. The van der Waals surface area contributed by atoms with Crippen molar-refractivity contribution in [3.63, 3.8) is 0 Å². The molecule has 13 heteroatoms. The first-order valence-electron chi connectivity index (χ1n) is 13.6. The zero-order valence-corrected chi connectivity index (χ0v) is 22.6. The average Bonchev–Trinajstić information content (AvgIpc) is 3.39. The van der Waals surface area contributed by atoms with Gasteiger partial charge in [0.2, 0.25) is 0 Å². The first-order valence-corrected chi connectivity index (χ1v) is 13.6. The lowest BCUT2D eigenvalue weighted by molar-refractivity contribution is -0.0507. The molecule has 3 aliphatic rings. The van der Waals surface area contributed by atoms with Crippen LogP contribution in [0.2, 0.25) is 0 Å². The second-order valence-electron chi connectivity index (χ2n) is 12.1. The maximum atomic E-state index is 13.9. The van der Waals surface area contributed by atoms with Gasteiger partial charge in [-0.2, -0.15) is 8.78 Å². The molecule has 2 aromatic heterocycles. The monoisotopic (exact) mass is 538 g/mol. The van der Waals surface area contributed by atoms with E-state index in [1.807, 2.05) is 46.6 Å². The molecular weight excluding hydrogens is 511 g/mol. The summed E-state index contributed by atoms with van der Waals surface area (Å²) in [5.41, 5.74) is 10.2. The van der Waals surface area contributed by atoms with Gasteiger partial charge in [-0.05, 0) is 54.3 Å². The molecule has 1 aliphatic carbocycles. The highest BCUT2D eigenvalue weighted by atomic mass is 19.3. The Kier molecular flexibility index (Phi) is 5.45. The third-order valence-electron chi connectivity index (χ3n) is 8.55. The predicted octanol–water partition coefficient (Wildman–Crippen LogP) is 1.43. The van der Waals surface area contributed by atoms with Crippen molar-refractivity contribution >= 4 is 40.5 Å². The first-order chi connectivity index (χ1) is 19.0. The molecule has 2 N–H and O–H groups in total. The Hall–Kier alpha value is -3.73. The van der Waals surface area contributed by atoms with Gasteiger partial charge in [-0.25, -0.2) is 15.0 Å². The van der Waals surface area contributed by atoms with Gasteiger partial charge < -0.3 is 19.9 Å². The highest BCUT2D eigenvalue weighted by Gasteiger charge is 2.49. The number of imidazole rings is 1. The van der Waals surface area contributed by atoms with Crippen LogP contribution in [-0.2, 0) is 5.54 Å². The van der Waals surface area contributed by atoms with Crippen molar-refractivity contribution in [2.24, 2.45) is 5.73 Å². The van der Waals surface area contributed by atoms with Gasteiger partial charge in [0.25, 0.3) is 5.91 Å². The number of hydrogen-bond acceptors (Lipinski definition) is 6. The predicted molar refractivity (Wildman–Crippen MR) is 154 cm³/mol. The number of amides is 1. The second kappa shape index (κ2) is 8.64. The minimum atomic E-state index is -3.01. The van der Waals surface area contributed by atoms with Crippen LogP contribution in [0.15, 0.2) is 48.8 Å². The molecule has 200 valence electrons. The Balaban J connectivity index is 1.40. The molecule has 0 unspecified atom stereocenters. The summed E-state index contributed by atoms with van der Waals surface area (Å²) in [6.45, 7) is -3.01. The topological polar surface area (TPSA) is 99.2 Å². The van der Waals surface area contributed by atoms with E-state index < -0.39 is 23.4 Å². The molecular formula is C27H27B3F2N6O2. The minimum Gasteiger partial charge on any atom is -0.434 e. The fourth-order valence-electron chi connectivity index (χ4n) is 6.58. The molecule has 0 radical (unpaired) electrons. The SMILES string of the molecule is BC(B)(B)N1C(=O)c2cccc(OC(F)F)c2[C@H]2C[C@@H]1c1nc3ccc(-c4cnc(C5(N)CCC5)nc4)cc3n12. The fourth-order valence-corrected chi connectivity index (χ4v) is 6.58. The van der Waals surface area contributed by atoms with E-state index >= 15 is 0 Å². The molecule has 1 fully saturated rings. The molecule has 1 saturated carbocycles. The zero-order valence-electron chi connectivity index (χ0n) is 22.6. The lowest BCUT2D eigenvalue weighted by Gasteiger charge is -2.40. The van der Waals surface area contributed by atoms with E-state index in [1.54, 1.807) is 24.5 Å². The van der Waals surface area contributed by atoms with Crippen LogP contribution in [0.25, 0.3) is 22.2 Å². The van der Waals surface area contributed by atoms with E-state index in [4.69, 9.17) is 15.5 Å². The van der Waals surface area contributed by atoms with Gasteiger partial charge in [-0.3, -0.25) is 4.79 Å². The van der Waals surface area contributed by atoms with Crippen LogP contribution >= 0.6 is 0 Å². The van der Waals surface area contributed by atoms with Crippen molar-refractivity contribution in [2.75, 3.05) is 0 Å². The molecule has 0 saturated heterocycles. The molecule has 40 heavy (non-hydrogen) atoms. The molecule has 8 nitrogen and oxygen atoms in total. The van der Waals surface area contributed by atoms with Crippen LogP contribution in [0, 0.1) is 0 Å². The Bertz CT molecular complexity index is 1670. The van der Waals surface area contributed by atoms with Gasteiger partial charge in [0.05, 0.1) is 28.7 Å². The molecule has 2 aromatic carbocycles. The Morgan fingerprint density at radius 3 is 2.48 bits per heavy atom. The van der Waals surface area contributed by atoms with Crippen molar-refractivity contribution in [2.45, 2.75) is 55.2 Å². The summed E-state index contributed by atoms with van der Waals surface area (Å²) in [5.74, 6) is 1.20. The van der Waals surface area contributed by atoms with Crippen LogP contribution in [-0.4, -0.2) is 65.7 Å². The molecule has 2 atom stereocenters. The highest BCUT2D eigenvalue weighted by Crippen LogP contribution is 2.51. The van der Waals surface area contributed by atoms with Gasteiger partial charge in [-0.1, -0.05) is 12.1 Å². The van der Waals surface area contributed by atoms with Crippen molar-refractivity contribution in [3.05, 3.63) is 71.6 Å². The van der Waals surface area contributed by atoms with Crippen molar-refractivity contribution < 1.29 is 18.3 Å². The first kappa shape index (κ1) is 25.3. The number of benzene rings is 2. The number of rotatable bonds is 5. The molecule has 1 amide bonds. The van der Waals surface area contributed by atoms with Crippen LogP contribution in [0.3, 0.4) is 0 Å². The van der Waals surface area contributed by atoms with Gasteiger partial charge in [-0.15, -0.1) is 0 Å². The lowest BCUT2D eigenvalue weighted by Crippen LogP contribution is -2.54. The third-order valence-corrected chi connectivity index (χ3v) is 8.55. The minimum absolute atomic E-state index is 0.0157. The maximum Gasteiger partial charge on any atom is 0.387 e. The van der Waals surface area contributed by atoms with Crippen LogP contribution < -0.4 is 10.5 Å². The molecule has 4 aromatic rings. The number of fused-ring (bicyclic) bond motifs is 9. The van der Waals surface area contributed by atoms with Crippen molar-refractivity contribution in [3.8, 4) is 16.9 Å². The van der Waals surface area contributed by atoms with E-state index in [9.17, 15) is 13.6 Å². The second-order valence-corrected chi connectivity index (χ2v) is 12.1. The van der Waals surface area contributed by atoms with Crippen molar-refractivity contribution in [1.82, 2.24) is 24.4 Å². The molecule has 4 heterocycles. The molecule has 0 spiro atoms. The van der Waals surface area contributed by atoms with E-state index in [1.165, 1.54) is 6.07 Å². The smallest absolute Gasteiger partial charge is 0.387 e. The number of nitrogens with zero attached hydrogens (tertiary/aromatic N) is 5. The van der Waals surface area contributed by atoms with Crippen LogP contribution in [0.5, 0.6) is 5.75 Å². The Morgan fingerprint density at radius 2 is 1.82 bits per heavy atom. The summed E-state index contributed by atoms with van der Waals surface area (Å²) in [5, 5.41) is -0.536. The highest BCUT2D eigenvalue weighted by molar-refractivity contribution is 6.60. The van der Waals surface area contributed by atoms with Gasteiger partial charge in [0.1, 0.15) is 40.9 Å². The summed E-state index contributed by atoms with van der Waals surface area (Å²) in [7, 11) is 5.94. The third kappa shape index (κ3) is 3.70. The Morgan fingerprint density at radius 1 is 1.07 bits per heavy atom. The van der Waals surface area contributed by atoms with E-state index in [2.05, 4.69) is 14.5 Å². The number of nitrogens with two attached hydrogens (primary N) is 1. The molecule has 2 bridgehead atoms. The zero-order chi connectivity index (χ0) is 28.0. The Labute approximate surface area is 232 Å². The number of hydrogen-bond donors (Lipinski definition) is 1. The van der Waals surface area contributed by atoms with Gasteiger partial charge in [0.15, 0.2) is 0 Å². The number of alkyl halides is 2. The summed E-state index contributed by atoms with van der Waals surface area (Å²) in [6.07, 6.45) is 6.96. The number of ether oxygens (including phenoxy) is 1. The lowest BCUT2D eigenvalue weighted by atomic mass is 9.48. The van der Waals surface area contributed by atoms with E-state index in [0.717, 1.165) is 47.2 Å². The van der Waals surface area contributed by atoms with Crippen LogP contribution in [0.4, 0.5) is 8.78 Å². The van der Waals surface area contributed by atoms with E-state index in [-0.39, 0.29) is 17.7 Å². The summed E-state index contributed by atoms with van der Waals surface area (Å²) < 4.78 is 34.1.